The molecule has 4 unspecified atom stereocenters. The van der Waals surface area contributed by atoms with Crippen molar-refractivity contribution < 1.29 is 4.74 Å². The highest BCUT2D eigenvalue weighted by atomic mass is 16.5. The van der Waals surface area contributed by atoms with Crippen molar-refractivity contribution in [2.45, 2.75) is 65.6 Å². The van der Waals surface area contributed by atoms with Gasteiger partial charge in [-0.3, -0.25) is 0 Å². The van der Waals surface area contributed by atoms with Crippen molar-refractivity contribution in [3.8, 4) is 0 Å². The minimum Gasteiger partial charge on any atom is -0.377 e. The van der Waals surface area contributed by atoms with Gasteiger partial charge in [0.05, 0.1) is 6.10 Å². The molecule has 2 aliphatic rings. The molecule has 0 bridgehead atoms. The van der Waals surface area contributed by atoms with E-state index in [1.807, 2.05) is 0 Å². The molecule has 1 aromatic rings. The van der Waals surface area contributed by atoms with Crippen LogP contribution in [0.2, 0.25) is 0 Å². The zero-order valence-electron chi connectivity index (χ0n) is 14.1. The maximum absolute atomic E-state index is 6.01. The van der Waals surface area contributed by atoms with Gasteiger partial charge < -0.3 is 10.1 Å². The summed E-state index contributed by atoms with van der Waals surface area (Å²) in [6.45, 7) is 12.3. The van der Waals surface area contributed by atoms with Crippen LogP contribution in [0.1, 0.15) is 56.3 Å². The van der Waals surface area contributed by atoms with E-state index >= 15 is 0 Å². The topological polar surface area (TPSA) is 21.3 Å². The molecule has 4 atom stereocenters. The molecule has 1 saturated heterocycles. The quantitative estimate of drug-likeness (QED) is 0.901. The van der Waals surface area contributed by atoms with Crippen molar-refractivity contribution in [3.63, 3.8) is 0 Å². The fourth-order valence-electron chi connectivity index (χ4n) is 4.45. The molecule has 0 aromatic heterocycles. The van der Waals surface area contributed by atoms with E-state index in [4.69, 9.17) is 4.74 Å². The number of fused-ring (bicyclic) bond motifs is 1. The van der Waals surface area contributed by atoms with E-state index in [0.717, 1.165) is 6.61 Å². The molecule has 0 spiro atoms. The third kappa shape index (κ3) is 2.53. The molecule has 0 amide bonds. The van der Waals surface area contributed by atoms with E-state index in [2.05, 4.69) is 58.1 Å². The second-order valence-corrected chi connectivity index (χ2v) is 7.64. The molecule has 2 nitrogen and oxygen atoms in total. The lowest BCUT2D eigenvalue weighted by Crippen LogP contribution is -2.69. The fourth-order valence-corrected chi connectivity index (χ4v) is 4.45. The van der Waals surface area contributed by atoms with E-state index in [0.29, 0.717) is 24.1 Å². The van der Waals surface area contributed by atoms with Crippen LogP contribution in [0.4, 0.5) is 0 Å². The van der Waals surface area contributed by atoms with E-state index in [-0.39, 0.29) is 5.41 Å². The van der Waals surface area contributed by atoms with Gasteiger partial charge in [-0.2, -0.15) is 0 Å². The van der Waals surface area contributed by atoms with Crippen molar-refractivity contribution >= 4 is 0 Å². The normalized spacial score (nSPS) is 32.1. The highest BCUT2D eigenvalue weighted by Gasteiger charge is 2.57. The summed E-state index contributed by atoms with van der Waals surface area (Å²) in [5.74, 6) is 0.696. The van der Waals surface area contributed by atoms with Crippen LogP contribution >= 0.6 is 0 Å². The number of rotatable bonds is 3. The Kier molecular flexibility index (Phi) is 3.87. The highest BCUT2D eigenvalue weighted by molar-refractivity contribution is 5.33. The molecule has 21 heavy (non-hydrogen) atoms. The maximum Gasteiger partial charge on any atom is 0.0684 e. The first-order valence-electron chi connectivity index (χ1n) is 8.36. The van der Waals surface area contributed by atoms with Crippen LogP contribution in [0, 0.1) is 25.2 Å². The lowest BCUT2D eigenvalue weighted by atomic mass is 9.55. The average Bonchev–Trinajstić information content (AvgIpc) is 2.47. The zero-order chi connectivity index (χ0) is 15.2. The molecule has 1 heterocycles. The van der Waals surface area contributed by atoms with Gasteiger partial charge >= 0.3 is 0 Å². The van der Waals surface area contributed by atoms with E-state index < -0.39 is 0 Å². The molecule has 1 aromatic carbocycles. The van der Waals surface area contributed by atoms with Gasteiger partial charge in [0.15, 0.2) is 0 Å². The van der Waals surface area contributed by atoms with Gasteiger partial charge in [-0.05, 0) is 44.7 Å². The maximum atomic E-state index is 6.01. The van der Waals surface area contributed by atoms with Gasteiger partial charge in [-0.15, -0.1) is 0 Å². The van der Waals surface area contributed by atoms with Crippen LogP contribution in [-0.2, 0) is 4.74 Å². The van der Waals surface area contributed by atoms with Crippen LogP contribution in [0.15, 0.2) is 18.2 Å². The largest absolute Gasteiger partial charge is 0.377 e. The lowest BCUT2D eigenvalue weighted by Gasteiger charge is -2.60. The molecule has 1 N–H and O–H groups in total. The van der Waals surface area contributed by atoms with Crippen LogP contribution in [0.25, 0.3) is 0 Å². The third-order valence-corrected chi connectivity index (χ3v) is 5.66. The second kappa shape index (κ2) is 5.40. The molecule has 3 rings (SSSR count). The summed E-state index contributed by atoms with van der Waals surface area (Å²) in [6.07, 6.45) is 2.98. The minimum atomic E-state index is 0.247. The monoisotopic (exact) mass is 287 g/mol. The summed E-state index contributed by atoms with van der Waals surface area (Å²) >= 11 is 0. The predicted octanol–water partition coefficient (Wildman–Crippen LogP) is 4.16. The molecule has 2 fully saturated rings. The number of ether oxygens (including phenoxy) is 1. The van der Waals surface area contributed by atoms with Crippen molar-refractivity contribution in [2.24, 2.45) is 11.3 Å². The van der Waals surface area contributed by atoms with Crippen molar-refractivity contribution in [2.75, 3.05) is 6.61 Å². The number of hydrogen-bond donors (Lipinski definition) is 1. The molecule has 116 valence electrons. The number of hydrogen-bond acceptors (Lipinski definition) is 2. The van der Waals surface area contributed by atoms with Crippen LogP contribution in [-0.4, -0.2) is 18.8 Å². The molecular weight excluding hydrogens is 258 g/mol. The Morgan fingerprint density at radius 1 is 1.29 bits per heavy atom. The van der Waals surface area contributed by atoms with Crippen LogP contribution < -0.4 is 5.32 Å². The Bertz CT molecular complexity index is 522. The fraction of sp³-hybridized carbons (Fsp3) is 0.684. The average molecular weight is 287 g/mol. The van der Waals surface area contributed by atoms with Gasteiger partial charge in [0.2, 0.25) is 0 Å². The van der Waals surface area contributed by atoms with Gasteiger partial charge in [-0.25, -0.2) is 0 Å². The zero-order valence-corrected chi connectivity index (χ0v) is 14.1. The van der Waals surface area contributed by atoms with E-state index in [1.165, 1.54) is 29.5 Å². The Morgan fingerprint density at radius 3 is 2.81 bits per heavy atom. The number of benzene rings is 1. The lowest BCUT2D eigenvalue weighted by molar-refractivity contribution is -0.194. The summed E-state index contributed by atoms with van der Waals surface area (Å²) < 4.78 is 6.01. The Hall–Kier alpha value is -0.860. The summed E-state index contributed by atoms with van der Waals surface area (Å²) in [7, 11) is 0. The molecular formula is C19H29NO. The minimum absolute atomic E-state index is 0.247. The summed E-state index contributed by atoms with van der Waals surface area (Å²) in [6, 6.07) is 7.73. The van der Waals surface area contributed by atoms with Crippen LogP contribution in [0.3, 0.4) is 0 Å². The predicted molar refractivity (Wildman–Crippen MR) is 87.5 cm³/mol. The highest BCUT2D eigenvalue weighted by Crippen LogP contribution is 2.51. The van der Waals surface area contributed by atoms with Crippen LogP contribution in [0.5, 0.6) is 0 Å². The Morgan fingerprint density at radius 2 is 2.05 bits per heavy atom. The Balaban J connectivity index is 1.75. The van der Waals surface area contributed by atoms with E-state index in [1.54, 1.807) is 0 Å². The number of aryl methyl sites for hydroxylation is 2. The first-order chi connectivity index (χ1) is 9.91. The van der Waals surface area contributed by atoms with E-state index in [9.17, 15) is 0 Å². The second-order valence-electron chi connectivity index (χ2n) is 7.64. The molecule has 2 heteroatoms. The standard InChI is InChI=1S/C19H29NO/c1-12-8-9-13(2)16(11-12)14(3)20-17-15-7-6-10-21-18(15)19(17,4)5/h8-9,11,14-15,17-18,20H,6-7,10H2,1-5H3. The first kappa shape index (κ1) is 15.1. The summed E-state index contributed by atoms with van der Waals surface area (Å²) in [4.78, 5) is 0. The first-order valence-corrected chi connectivity index (χ1v) is 8.36. The third-order valence-electron chi connectivity index (χ3n) is 5.66. The van der Waals surface area contributed by atoms with Gasteiger partial charge in [0.25, 0.3) is 0 Å². The molecule has 0 radical (unpaired) electrons. The van der Waals surface area contributed by atoms with Crippen molar-refractivity contribution in [1.82, 2.24) is 5.32 Å². The molecule has 1 aliphatic carbocycles. The van der Waals surface area contributed by atoms with Crippen molar-refractivity contribution in [1.29, 1.82) is 0 Å². The number of nitrogens with one attached hydrogen (secondary N) is 1. The van der Waals surface area contributed by atoms with Gasteiger partial charge in [0.1, 0.15) is 0 Å². The smallest absolute Gasteiger partial charge is 0.0684 e. The van der Waals surface area contributed by atoms with Crippen molar-refractivity contribution in [3.05, 3.63) is 34.9 Å². The van der Waals surface area contributed by atoms with Gasteiger partial charge in [-0.1, -0.05) is 37.6 Å². The van der Waals surface area contributed by atoms with Gasteiger partial charge in [0, 0.05) is 30.0 Å². The summed E-state index contributed by atoms with van der Waals surface area (Å²) in [5.41, 5.74) is 4.41. The molecule has 1 aliphatic heterocycles. The summed E-state index contributed by atoms with van der Waals surface area (Å²) in [5, 5.41) is 3.91. The molecule has 1 saturated carbocycles. The SMILES string of the molecule is Cc1ccc(C)c(C(C)NC2C3CCCOC3C2(C)C)c1. The Labute approximate surface area is 129 Å².